The van der Waals surface area contributed by atoms with Crippen molar-refractivity contribution in [1.82, 2.24) is 20.2 Å². The van der Waals surface area contributed by atoms with Gasteiger partial charge in [0.15, 0.2) is 0 Å². The number of rotatable bonds is 5. The van der Waals surface area contributed by atoms with Crippen LogP contribution in [0.25, 0.3) is 11.1 Å². The Hall–Kier alpha value is -1.51. The number of nitrogens with zero attached hydrogens (tertiary/aromatic N) is 2. The summed E-state index contributed by atoms with van der Waals surface area (Å²) in [6, 6.07) is 1.69. The van der Waals surface area contributed by atoms with Crippen LogP contribution >= 0.6 is 0 Å². The van der Waals surface area contributed by atoms with Crippen LogP contribution in [-0.4, -0.2) is 37.7 Å². The van der Waals surface area contributed by atoms with Crippen LogP contribution in [0.3, 0.4) is 0 Å². The fourth-order valence-corrected chi connectivity index (χ4v) is 4.17. The van der Waals surface area contributed by atoms with Crippen LogP contribution < -0.4 is 10.0 Å². The molecule has 3 heterocycles. The van der Waals surface area contributed by atoms with Crippen LogP contribution in [0.5, 0.6) is 0 Å². The van der Waals surface area contributed by atoms with Crippen LogP contribution in [0.15, 0.2) is 21.7 Å². The van der Waals surface area contributed by atoms with Crippen molar-refractivity contribution in [3.63, 3.8) is 0 Å². The quantitative estimate of drug-likeness (QED) is 0.852. The van der Waals surface area contributed by atoms with Crippen molar-refractivity contribution < 1.29 is 12.9 Å². The van der Waals surface area contributed by atoms with Gasteiger partial charge in [-0.1, -0.05) is 25.9 Å². The Labute approximate surface area is 142 Å². The normalized spacial score (nSPS) is 21.2. The summed E-state index contributed by atoms with van der Waals surface area (Å²) in [7, 11) is -3.63. The Balaban J connectivity index is 1.80. The summed E-state index contributed by atoms with van der Waals surface area (Å²) >= 11 is 0. The number of aryl methyl sites for hydroxylation is 1. The Kier molecular flexibility index (Phi) is 4.63. The zero-order valence-corrected chi connectivity index (χ0v) is 15.1. The lowest BCUT2D eigenvalue weighted by Crippen LogP contribution is -2.52. The maximum atomic E-state index is 12.6. The van der Waals surface area contributed by atoms with Crippen molar-refractivity contribution in [3.8, 4) is 0 Å². The number of nitrogens with one attached hydrogen (secondary N) is 2. The first kappa shape index (κ1) is 17.3. The van der Waals surface area contributed by atoms with Gasteiger partial charge in [0.25, 0.3) is 5.71 Å². The highest BCUT2D eigenvalue weighted by Gasteiger charge is 2.32. The maximum Gasteiger partial charge on any atom is 0.258 e. The molecule has 3 rings (SSSR count). The fraction of sp³-hybridized carbons (Fsp3) is 0.625. The Morgan fingerprint density at radius 2 is 2.25 bits per heavy atom. The molecule has 0 spiro atoms. The van der Waals surface area contributed by atoms with E-state index in [1.165, 1.54) is 6.20 Å². The second kappa shape index (κ2) is 6.42. The summed E-state index contributed by atoms with van der Waals surface area (Å²) in [5.41, 5.74) is 1.14. The van der Waals surface area contributed by atoms with E-state index in [4.69, 9.17) is 4.52 Å². The highest BCUT2D eigenvalue weighted by atomic mass is 32.2. The fourth-order valence-electron chi connectivity index (χ4n) is 3.16. The highest BCUT2D eigenvalue weighted by Crippen LogP contribution is 2.30. The molecule has 1 aliphatic rings. The van der Waals surface area contributed by atoms with Crippen molar-refractivity contribution in [2.75, 3.05) is 13.1 Å². The predicted molar refractivity (Wildman–Crippen MR) is 91.2 cm³/mol. The van der Waals surface area contributed by atoms with Gasteiger partial charge in [-0.25, -0.2) is 18.1 Å². The van der Waals surface area contributed by atoms with Crippen molar-refractivity contribution in [2.45, 2.75) is 51.0 Å². The molecule has 2 aromatic rings. The van der Waals surface area contributed by atoms with E-state index < -0.39 is 10.0 Å². The largest absolute Gasteiger partial charge is 0.336 e. The van der Waals surface area contributed by atoms with Crippen molar-refractivity contribution >= 4 is 21.1 Å². The first-order valence-electron chi connectivity index (χ1n) is 8.31. The molecule has 0 aliphatic carbocycles. The molecule has 1 atom stereocenters. The minimum absolute atomic E-state index is 0.0623. The number of fused-ring (bicyclic) bond motifs is 1. The van der Waals surface area contributed by atoms with Gasteiger partial charge in [0.1, 0.15) is 4.90 Å². The number of sulfonamides is 1. The molecule has 0 amide bonds. The average molecular weight is 352 g/mol. The van der Waals surface area contributed by atoms with E-state index >= 15 is 0 Å². The van der Waals surface area contributed by atoms with E-state index in [0.717, 1.165) is 19.4 Å². The molecule has 0 saturated carbocycles. The summed E-state index contributed by atoms with van der Waals surface area (Å²) in [5, 5.41) is 7.97. The van der Waals surface area contributed by atoms with Crippen LogP contribution in [-0.2, 0) is 16.4 Å². The molecule has 7 nitrogen and oxygen atoms in total. The average Bonchev–Trinajstić information content (AvgIpc) is 2.95. The molecule has 2 N–H and O–H groups in total. The molecule has 1 saturated heterocycles. The molecule has 2 aromatic heterocycles. The first-order chi connectivity index (χ1) is 11.3. The van der Waals surface area contributed by atoms with Crippen LogP contribution in [0.4, 0.5) is 0 Å². The van der Waals surface area contributed by atoms with E-state index in [0.29, 0.717) is 29.8 Å². The molecule has 0 aromatic carbocycles. The van der Waals surface area contributed by atoms with E-state index in [1.54, 1.807) is 6.07 Å². The highest BCUT2D eigenvalue weighted by molar-refractivity contribution is 7.89. The van der Waals surface area contributed by atoms with E-state index in [1.807, 2.05) is 6.92 Å². The smallest absolute Gasteiger partial charge is 0.258 e. The molecule has 0 bridgehead atoms. The van der Waals surface area contributed by atoms with Crippen LogP contribution in [0, 0.1) is 5.41 Å². The van der Waals surface area contributed by atoms with Crippen LogP contribution in [0.1, 0.15) is 39.3 Å². The van der Waals surface area contributed by atoms with Gasteiger partial charge in [0.2, 0.25) is 10.0 Å². The minimum Gasteiger partial charge on any atom is -0.336 e. The van der Waals surface area contributed by atoms with Gasteiger partial charge in [-0.2, -0.15) is 0 Å². The van der Waals surface area contributed by atoms with Gasteiger partial charge in [-0.05, 0) is 37.3 Å². The molecular weight excluding hydrogens is 328 g/mol. The first-order valence-corrected chi connectivity index (χ1v) is 9.79. The van der Waals surface area contributed by atoms with Crippen molar-refractivity contribution in [1.29, 1.82) is 0 Å². The Morgan fingerprint density at radius 3 is 2.96 bits per heavy atom. The lowest BCUT2D eigenvalue weighted by molar-refractivity contribution is 0.181. The second-order valence-electron chi connectivity index (χ2n) is 6.96. The summed E-state index contributed by atoms with van der Waals surface area (Å²) in [5.74, 6) is 0. The number of hydrogen-bond donors (Lipinski definition) is 2. The molecule has 8 heteroatoms. The molecule has 0 radical (unpaired) electrons. The Morgan fingerprint density at radius 1 is 1.46 bits per heavy atom. The molecule has 1 unspecified atom stereocenters. The Bertz CT molecular complexity index is 829. The third-order valence-corrected chi connectivity index (χ3v) is 6.22. The monoisotopic (exact) mass is 352 g/mol. The molecule has 1 fully saturated rings. The van der Waals surface area contributed by atoms with Gasteiger partial charge in [-0.3, -0.25) is 0 Å². The number of piperidine rings is 1. The van der Waals surface area contributed by atoms with Crippen molar-refractivity contribution in [2.24, 2.45) is 5.41 Å². The van der Waals surface area contributed by atoms with Gasteiger partial charge in [0, 0.05) is 12.6 Å². The molecule has 24 heavy (non-hydrogen) atoms. The third kappa shape index (κ3) is 3.31. The van der Waals surface area contributed by atoms with E-state index in [9.17, 15) is 8.42 Å². The van der Waals surface area contributed by atoms with Gasteiger partial charge < -0.3 is 9.84 Å². The summed E-state index contributed by atoms with van der Waals surface area (Å²) in [6.07, 6.45) is 4.17. The summed E-state index contributed by atoms with van der Waals surface area (Å²) in [4.78, 5) is 4.22. The SMILES string of the molecule is CCc1noc2ncc(S(=O)(=O)NCC3NCCCC3(C)C)cc12. The number of aromatic nitrogens is 2. The van der Waals surface area contributed by atoms with Gasteiger partial charge in [-0.15, -0.1) is 0 Å². The zero-order chi connectivity index (χ0) is 17.4. The minimum atomic E-state index is -3.63. The lowest BCUT2D eigenvalue weighted by Gasteiger charge is -2.39. The van der Waals surface area contributed by atoms with Gasteiger partial charge >= 0.3 is 0 Å². The number of pyridine rings is 1. The van der Waals surface area contributed by atoms with E-state index in [-0.39, 0.29) is 16.4 Å². The lowest BCUT2D eigenvalue weighted by atomic mass is 9.78. The van der Waals surface area contributed by atoms with Crippen molar-refractivity contribution in [3.05, 3.63) is 18.0 Å². The van der Waals surface area contributed by atoms with E-state index in [2.05, 4.69) is 34.0 Å². The predicted octanol–water partition coefficient (Wildman–Crippen LogP) is 1.84. The molecular formula is C16H24N4O3S. The second-order valence-corrected chi connectivity index (χ2v) is 8.72. The third-order valence-electron chi connectivity index (χ3n) is 4.83. The summed E-state index contributed by atoms with van der Waals surface area (Å²) < 4.78 is 33.1. The zero-order valence-electron chi connectivity index (χ0n) is 14.3. The topological polar surface area (TPSA) is 97.1 Å². The van der Waals surface area contributed by atoms with Crippen LogP contribution in [0.2, 0.25) is 0 Å². The number of hydrogen-bond acceptors (Lipinski definition) is 6. The maximum absolute atomic E-state index is 12.6. The summed E-state index contributed by atoms with van der Waals surface area (Å²) in [6.45, 7) is 7.54. The standard InChI is InChI=1S/C16H24N4O3S/c1-4-13-12-8-11(9-18-15(12)23-20-13)24(21,22)19-10-14-16(2,3)6-5-7-17-14/h8-9,14,17,19H,4-7,10H2,1-3H3. The molecule has 1 aliphatic heterocycles. The molecule has 132 valence electrons. The van der Waals surface area contributed by atoms with Gasteiger partial charge in [0.05, 0.1) is 17.3 Å².